The first-order chi connectivity index (χ1) is 9.86. The van der Waals surface area contributed by atoms with Crippen LogP contribution in [0.1, 0.15) is 30.7 Å². The van der Waals surface area contributed by atoms with Gasteiger partial charge in [0, 0.05) is 5.25 Å². The molecule has 1 heterocycles. The largest absolute Gasteiger partial charge is 0.330 e. The van der Waals surface area contributed by atoms with E-state index in [1.54, 1.807) is 16.8 Å². The van der Waals surface area contributed by atoms with Gasteiger partial charge in [-0.3, -0.25) is 0 Å². The predicted octanol–water partition coefficient (Wildman–Crippen LogP) is 3.54. The zero-order valence-corrected chi connectivity index (χ0v) is 12.9. The maximum absolute atomic E-state index is 5.96. The highest BCUT2D eigenvalue weighted by molar-refractivity contribution is 8.01. The zero-order chi connectivity index (χ0) is 13.8. The van der Waals surface area contributed by atoms with Crippen LogP contribution in [0.4, 0.5) is 0 Å². The van der Waals surface area contributed by atoms with Crippen LogP contribution in [0.5, 0.6) is 0 Å². The van der Waals surface area contributed by atoms with Crippen LogP contribution in [-0.4, -0.2) is 22.0 Å². The number of thioether (sulfide) groups is 1. The third-order valence-electron chi connectivity index (χ3n) is 4.09. The van der Waals surface area contributed by atoms with Gasteiger partial charge in [0.1, 0.15) is 5.51 Å². The Morgan fingerprint density at radius 1 is 1.25 bits per heavy atom. The lowest BCUT2D eigenvalue weighted by atomic mass is 9.78. The van der Waals surface area contributed by atoms with Crippen LogP contribution < -0.4 is 5.73 Å². The van der Waals surface area contributed by atoms with Crippen molar-refractivity contribution in [1.82, 2.24) is 10.2 Å². The molecule has 0 bridgehead atoms. The SMILES string of the molecule is NCC1CCC(c2ccccc2)CC1Sc1nncs1. The minimum atomic E-state index is 0.562. The highest BCUT2D eigenvalue weighted by Crippen LogP contribution is 2.43. The van der Waals surface area contributed by atoms with Crippen LogP contribution in [0.25, 0.3) is 0 Å². The summed E-state index contributed by atoms with van der Waals surface area (Å²) >= 11 is 3.49. The van der Waals surface area contributed by atoms with Gasteiger partial charge in [-0.05, 0) is 43.2 Å². The Balaban J connectivity index is 1.72. The van der Waals surface area contributed by atoms with Gasteiger partial charge < -0.3 is 5.73 Å². The Morgan fingerprint density at radius 2 is 2.10 bits per heavy atom. The normalized spacial score (nSPS) is 26.6. The van der Waals surface area contributed by atoms with Crippen LogP contribution in [0.2, 0.25) is 0 Å². The maximum Gasteiger partial charge on any atom is 0.174 e. The Kier molecular flexibility index (Phi) is 4.70. The number of nitrogens with two attached hydrogens (primary N) is 1. The highest BCUT2D eigenvalue weighted by atomic mass is 32.2. The van der Waals surface area contributed by atoms with Crippen molar-refractivity contribution >= 4 is 23.1 Å². The first-order valence-electron chi connectivity index (χ1n) is 7.04. The zero-order valence-electron chi connectivity index (χ0n) is 11.3. The van der Waals surface area contributed by atoms with Crippen LogP contribution in [0, 0.1) is 5.92 Å². The summed E-state index contributed by atoms with van der Waals surface area (Å²) in [6, 6.07) is 10.9. The number of nitrogens with zero attached hydrogens (tertiary/aromatic N) is 2. The number of aromatic nitrogens is 2. The van der Waals surface area contributed by atoms with Gasteiger partial charge in [-0.25, -0.2) is 0 Å². The van der Waals surface area contributed by atoms with Crippen molar-refractivity contribution in [3.63, 3.8) is 0 Å². The fourth-order valence-electron chi connectivity index (χ4n) is 2.98. The van der Waals surface area contributed by atoms with Crippen molar-refractivity contribution < 1.29 is 0 Å². The summed E-state index contributed by atoms with van der Waals surface area (Å²) < 4.78 is 1.07. The van der Waals surface area contributed by atoms with Crippen LogP contribution in [0.15, 0.2) is 40.2 Å². The maximum atomic E-state index is 5.96. The molecule has 1 fully saturated rings. The average Bonchev–Trinajstić information content (AvgIpc) is 3.01. The summed E-state index contributed by atoms with van der Waals surface area (Å²) in [5.41, 5.74) is 9.23. The molecule has 2 N–H and O–H groups in total. The van der Waals surface area contributed by atoms with Gasteiger partial charge in [-0.1, -0.05) is 53.4 Å². The summed E-state index contributed by atoms with van der Waals surface area (Å²) in [5, 5.41) is 8.66. The van der Waals surface area contributed by atoms with Crippen LogP contribution in [-0.2, 0) is 0 Å². The Hall–Kier alpha value is -0.910. The van der Waals surface area contributed by atoms with Gasteiger partial charge in [-0.15, -0.1) is 10.2 Å². The van der Waals surface area contributed by atoms with Crippen molar-refractivity contribution in [2.24, 2.45) is 11.7 Å². The van der Waals surface area contributed by atoms with Crippen LogP contribution >= 0.6 is 23.1 Å². The lowest BCUT2D eigenvalue weighted by Gasteiger charge is -2.35. The van der Waals surface area contributed by atoms with E-state index >= 15 is 0 Å². The fraction of sp³-hybridized carbons (Fsp3) is 0.467. The molecule has 0 aliphatic heterocycles. The van der Waals surface area contributed by atoms with Gasteiger partial charge in [0.2, 0.25) is 0 Å². The van der Waals surface area contributed by atoms with E-state index in [1.807, 2.05) is 11.8 Å². The van der Waals surface area contributed by atoms with Crippen LogP contribution in [0.3, 0.4) is 0 Å². The molecule has 3 rings (SSSR count). The first-order valence-corrected chi connectivity index (χ1v) is 8.80. The van der Waals surface area contributed by atoms with Crippen molar-refractivity contribution in [2.75, 3.05) is 6.54 Å². The molecule has 1 aromatic carbocycles. The number of hydrogen-bond donors (Lipinski definition) is 1. The fourth-order valence-corrected chi connectivity index (χ4v) is 5.10. The van der Waals surface area contributed by atoms with Gasteiger partial charge >= 0.3 is 0 Å². The second kappa shape index (κ2) is 6.70. The van der Waals surface area contributed by atoms with E-state index in [0.717, 1.165) is 10.9 Å². The Labute approximate surface area is 128 Å². The van der Waals surface area contributed by atoms with Gasteiger partial charge in [0.05, 0.1) is 0 Å². The molecule has 106 valence electrons. The van der Waals surface area contributed by atoms with E-state index in [2.05, 4.69) is 40.5 Å². The second-order valence-electron chi connectivity index (χ2n) is 5.28. The molecule has 5 heteroatoms. The molecular weight excluding hydrogens is 286 g/mol. The van der Waals surface area contributed by atoms with Crippen molar-refractivity contribution in [3.05, 3.63) is 41.4 Å². The van der Waals surface area contributed by atoms with E-state index in [9.17, 15) is 0 Å². The van der Waals surface area contributed by atoms with Crippen molar-refractivity contribution in [3.8, 4) is 0 Å². The average molecular weight is 305 g/mol. The lowest BCUT2D eigenvalue weighted by molar-refractivity contribution is 0.344. The standard InChI is InChI=1S/C15H19N3S2/c16-9-13-7-6-12(11-4-2-1-3-5-11)8-14(13)20-15-18-17-10-19-15/h1-5,10,12-14H,6-9,16H2. The summed E-state index contributed by atoms with van der Waals surface area (Å²) in [6.07, 6.45) is 3.65. The Morgan fingerprint density at radius 3 is 2.80 bits per heavy atom. The van der Waals surface area contributed by atoms with E-state index in [1.165, 1.54) is 24.8 Å². The smallest absolute Gasteiger partial charge is 0.174 e. The summed E-state index contributed by atoms with van der Waals surface area (Å²) in [4.78, 5) is 0. The number of rotatable bonds is 4. The quantitative estimate of drug-likeness (QED) is 0.938. The minimum absolute atomic E-state index is 0.562. The molecule has 2 aromatic rings. The van der Waals surface area contributed by atoms with Gasteiger partial charge in [0.25, 0.3) is 0 Å². The summed E-state index contributed by atoms with van der Waals surface area (Å²) in [7, 11) is 0. The second-order valence-corrected chi connectivity index (χ2v) is 7.60. The van der Waals surface area contributed by atoms with Crippen molar-refractivity contribution in [1.29, 1.82) is 0 Å². The van der Waals surface area contributed by atoms with E-state index in [-0.39, 0.29) is 0 Å². The Bertz CT molecular complexity index is 515. The molecule has 3 atom stereocenters. The molecule has 0 amide bonds. The van der Waals surface area contributed by atoms with Gasteiger partial charge in [-0.2, -0.15) is 0 Å². The first kappa shape index (κ1) is 14.0. The lowest BCUT2D eigenvalue weighted by Crippen LogP contribution is -2.31. The molecule has 1 saturated carbocycles. The summed E-state index contributed by atoms with van der Waals surface area (Å²) in [5.74, 6) is 1.26. The topological polar surface area (TPSA) is 51.8 Å². The summed E-state index contributed by atoms with van der Waals surface area (Å²) in [6.45, 7) is 0.776. The molecule has 1 aromatic heterocycles. The molecule has 1 aliphatic carbocycles. The molecule has 0 spiro atoms. The molecule has 3 unspecified atom stereocenters. The van der Waals surface area contributed by atoms with E-state index in [0.29, 0.717) is 17.1 Å². The van der Waals surface area contributed by atoms with E-state index in [4.69, 9.17) is 5.73 Å². The monoisotopic (exact) mass is 305 g/mol. The molecule has 1 aliphatic rings. The van der Waals surface area contributed by atoms with E-state index < -0.39 is 0 Å². The third kappa shape index (κ3) is 3.22. The predicted molar refractivity (Wildman–Crippen MR) is 85.1 cm³/mol. The molecular formula is C15H19N3S2. The minimum Gasteiger partial charge on any atom is -0.330 e. The molecule has 20 heavy (non-hydrogen) atoms. The van der Waals surface area contributed by atoms with Crippen molar-refractivity contribution in [2.45, 2.75) is 34.8 Å². The molecule has 3 nitrogen and oxygen atoms in total. The number of hydrogen-bond acceptors (Lipinski definition) is 5. The third-order valence-corrected chi connectivity index (χ3v) is 6.32. The number of benzene rings is 1. The molecule has 0 radical (unpaired) electrons. The van der Waals surface area contributed by atoms with Gasteiger partial charge in [0.15, 0.2) is 4.34 Å². The molecule has 0 saturated heterocycles. The highest BCUT2D eigenvalue weighted by Gasteiger charge is 2.31.